The van der Waals surface area contributed by atoms with E-state index in [-0.39, 0.29) is 10.5 Å². The van der Waals surface area contributed by atoms with Gasteiger partial charge in [0.05, 0.1) is 4.58 Å². The molecule has 1 aliphatic rings. The largest absolute Gasteiger partial charge is 0.282 e. The number of carbonyl (C=O) groups excluding carboxylic acids is 1. The van der Waals surface area contributed by atoms with Gasteiger partial charge in [-0.3, -0.25) is 4.79 Å². The summed E-state index contributed by atoms with van der Waals surface area (Å²) in [5.74, 6) is 2.01. The lowest BCUT2D eigenvalue weighted by Crippen LogP contribution is -2.10. The van der Waals surface area contributed by atoms with Crippen molar-refractivity contribution in [2.45, 2.75) is 36.0 Å². The zero-order valence-corrected chi connectivity index (χ0v) is 15.2. The minimum absolute atomic E-state index is 0.0820. The van der Waals surface area contributed by atoms with Crippen LogP contribution in [0.1, 0.15) is 36.5 Å². The van der Waals surface area contributed by atoms with E-state index in [4.69, 9.17) is 0 Å². The molecule has 0 saturated carbocycles. The first-order chi connectivity index (χ1) is 9.90. The molecule has 1 nitrogen and oxygen atoms in total. The van der Waals surface area contributed by atoms with E-state index in [9.17, 15) is 4.79 Å². The Balaban J connectivity index is 1.92. The van der Waals surface area contributed by atoms with Crippen LogP contribution in [0.25, 0.3) is 0 Å². The first-order valence-corrected chi connectivity index (χ1v) is 10.0. The molecule has 1 saturated heterocycles. The molecular weight excluding hydrogens is 316 g/mol. The van der Waals surface area contributed by atoms with Gasteiger partial charge in [0.15, 0.2) is 0 Å². The van der Waals surface area contributed by atoms with Gasteiger partial charge in [-0.25, -0.2) is 0 Å². The second-order valence-corrected chi connectivity index (χ2v) is 10.0. The number of rotatable bonds is 4. The highest BCUT2D eigenvalue weighted by Gasteiger charge is 2.27. The summed E-state index contributed by atoms with van der Waals surface area (Å²) in [7, 11) is 0. The lowest BCUT2D eigenvalue weighted by atomic mass is 9.87. The van der Waals surface area contributed by atoms with E-state index in [1.54, 1.807) is 0 Å². The fraction of sp³-hybridized carbons (Fsp3) is 0.471. The van der Waals surface area contributed by atoms with Crippen LogP contribution in [0.4, 0.5) is 0 Å². The SMILES string of the molecule is C=CC(=O)SCC1CSC(c2ccc(C(C)(C)C)cc2)S1. The average Bonchev–Trinajstić information content (AvgIpc) is 2.93. The number of hydrogen-bond acceptors (Lipinski definition) is 4. The topological polar surface area (TPSA) is 17.1 Å². The summed E-state index contributed by atoms with van der Waals surface area (Å²) < 4.78 is 0.503. The fourth-order valence-corrected chi connectivity index (χ4v) is 6.43. The second kappa shape index (κ2) is 7.30. The van der Waals surface area contributed by atoms with Crippen LogP contribution < -0.4 is 0 Å². The summed E-state index contributed by atoms with van der Waals surface area (Å²) in [6, 6.07) is 9.02. The molecule has 0 aliphatic carbocycles. The van der Waals surface area contributed by atoms with E-state index in [1.165, 1.54) is 29.0 Å². The van der Waals surface area contributed by atoms with Crippen LogP contribution in [0, 0.1) is 0 Å². The first kappa shape index (κ1) is 17.0. The van der Waals surface area contributed by atoms with Crippen LogP contribution in [0.5, 0.6) is 0 Å². The van der Waals surface area contributed by atoms with Crippen molar-refractivity contribution in [1.29, 1.82) is 0 Å². The Morgan fingerprint density at radius 3 is 2.62 bits per heavy atom. The summed E-state index contributed by atoms with van der Waals surface area (Å²) in [6.07, 6.45) is 1.40. The van der Waals surface area contributed by atoms with Gasteiger partial charge in [-0.05, 0) is 22.6 Å². The van der Waals surface area contributed by atoms with E-state index in [1.807, 2.05) is 23.5 Å². The number of carbonyl (C=O) groups is 1. The molecule has 1 heterocycles. The van der Waals surface area contributed by atoms with Crippen molar-refractivity contribution in [3.8, 4) is 0 Å². The maximum absolute atomic E-state index is 11.3. The number of benzene rings is 1. The zero-order valence-electron chi connectivity index (χ0n) is 12.8. The van der Waals surface area contributed by atoms with Gasteiger partial charge in [0.1, 0.15) is 0 Å². The third-order valence-corrected chi connectivity index (χ3v) is 7.97. The normalized spacial score (nSPS) is 22.2. The molecule has 0 spiro atoms. The van der Waals surface area contributed by atoms with Crippen LogP contribution in [0.3, 0.4) is 0 Å². The van der Waals surface area contributed by atoms with Gasteiger partial charge in [0.2, 0.25) is 5.12 Å². The third-order valence-electron chi connectivity index (χ3n) is 3.38. The van der Waals surface area contributed by atoms with Gasteiger partial charge in [0.25, 0.3) is 0 Å². The second-order valence-electron chi connectivity index (χ2n) is 6.13. The maximum atomic E-state index is 11.3. The fourth-order valence-electron chi connectivity index (χ4n) is 2.08. The monoisotopic (exact) mass is 338 g/mol. The molecule has 1 aromatic carbocycles. The molecular formula is C17H22OS3. The van der Waals surface area contributed by atoms with Crippen molar-refractivity contribution in [2.24, 2.45) is 0 Å². The molecule has 0 N–H and O–H groups in total. The van der Waals surface area contributed by atoms with Gasteiger partial charge in [0, 0.05) is 16.8 Å². The highest BCUT2D eigenvalue weighted by molar-refractivity contribution is 8.21. The molecule has 0 radical (unpaired) electrons. The number of hydrogen-bond donors (Lipinski definition) is 0. The molecule has 2 rings (SSSR count). The molecule has 2 unspecified atom stereocenters. The Bertz CT molecular complexity index is 502. The molecule has 1 aliphatic heterocycles. The first-order valence-electron chi connectivity index (χ1n) is 7.07. The van der Waals surface area contributed by atoms with Crippen LogP contribution >= 0.6 is 35.3 Å². The maximum Gasteiger partial charge on any atom is 0.211 e. The molecule has 1 fully saturated rings. The third kappa shape index (κ3) is 4.83. The minimum atomic E-state index is 0.0820. The Morgan fingerprint density at radius 2 is 2.05 bits per heavy atom. The van der Waals surface area contributed by atoms with Crippen molar-refractivity contribution in [3.63, 3.8) is 0 Å². The predicted molar refractivity (Wildman–Crippen MR) is 99.4 cm³/mol. The zero-order chi connectivity index (χ0) is 15.5. The van der Waals surface area contributed by atoms with Crippen LogP contribution in [-0.2, 0) is 10.2 Å². The molecule has 114 valence electrons. The van der Waals surface area contributed by atoms with Crippen molar-refractivity contribution in [2.75, 3.05) is 11.5 Å². The van der Waals surface area contributed by atoms with E-state index in [0.29, 0.717) is 9.83 Å². The smallest absolute Gasteiger partial charge is 0.211 e. The Hall–Kier alpha value is -0.320. The van der Waals surface area contributed by atoms with Crippen molar-refractivity contribution in [1.82, 2.24) is 0 Å². The molecule has 1 aromatic rings. The van der Waals surface area contributed by atoms with Crippen molar-refractivity contribution < 1.29 is 4.79 Å². The minimum Gasteiger partial charge on any atom is -0.282 e. The molecule has 2 atom stereocenters. The quantitative estimate of drug-likeness (QED) is 0.695. The summed E-state index contributed by atoms with van der Waals surface area (Å²) in [5, 5.41) is 0.634. The van der Waals surface area contributed by atoms with Crippen LogP contribution in [0.2, 0.25) is 0 Å². The molecule has 0 aromatic heterocycles. The Kier molecular flexibility index (Phi) is 5.92. The summed E-state index contributed by atoms with van der Waals surface area (Å²) in [6.45, 7) is 10.2. The van der Waals surface area contributed by atoms with Gasteiger partial charge in [-0.2, -0.15) is 0 Å². The van der Waals surface area contributed by atoms with Gasteiger partial charge < -0.3 is 0 Å². The molecule has 0 amide bonds. The van der Waals surface area contributed by atoms with E-state index < -0.39 is 0 Å². The van der Waals surface area contributed by atoms with E-state index >= 15 is 0 Å². The summed E-state index contributed by atoms with van der Waals surface area (Å²) in [5.41, 5.74) is 2.97. The van der Waals surface area contributed by atoms with Gasteiger partial charge in [-0.1, -0.05) is 63.4 Å². The van der Waals surface area contributed by atoms with Crippen LogP contribution in [-0.4, -0.2) is 21.9 Å². The average molecular weight is 339 g/mol. The van der Waals surface area contributed by atoms with E-state index in [2.05, 4.69) is 51.6 Å². The Labute approximate surface area is 140 Å². The van der Waals surface area contributed by atoms with E-state index in [0.717, 1.165) is 11.5 Å². The lowest BCUT2D eigenvalue weighted by Gasteiger charge is -2.20. The highest BCUT2D eigenvalue weighted by Crippen LogP contribution is 2.50. The highest BCUT2D eigenvalue weighted by atomic mass is 32.2. The molecule has 21 heavy (non-hydrogen) atoms. The molecule has 4 heteroatoms. The number of thioether (sulfide) groups is 3. The summed E-state index contributed by atoms with van der Waals surface area (Å²) >= 11 is 5.36. The van der Waals surface area contributed by atoms with Crippen molar-refractivity contribution in [3.05, 3.63) is 48.0 Å². The van der Waals surface area contributed by atoms with Crippen LogP contribution in [0.15, 0.2) is 36.9 Å². The standard InChI is InChI=1S/C17H22OS3/c1-5-15(18)19-10-14-11-20-16(21-14)12-6-8-13(9-7-12)17(2,3)4/h5-9,14,16H,1,10-11H2,2-4H3. The molecule has 0 bridgehead atoms. The van der Waals surface area contributed by atoms with Gasteiger partial charge in [-0.15, -0.1) is 23.5 Å². The predicted octanol–water partition coefficient (Wildman–Crippen LogP) is 5.28. The summed E-state index contributed by atoms with van der Waals surface area (Å²) in [4.78, 5) is 11.3. The van der Waals surface area contributed by atoms with Crippen molar-refractivity contribution >= 4 is 40.4 Å². The van der Waals surface area contributed by atoms with Gasteiger partial charge >= 0.3 is 0 Å². The lowest BCUT2D eigenvalue weighted by molar-refractivity contribution is -0.107. The Morgan fingerprint density at radius 1 is 1.38 bits per heavy atom.